The zero-order valence-corrected chi connectivity index (χ0v) is 14.2. The fraction of sp³-hybridized carbons (Fsp3) is 0.471. The number of thioether (sulfide) groups is 1. The van der Waals surface area contributed by atoms with E-state index in [4.69, 9.17) is 5.73 Å². The number of primary amides is 1. The Hall–Kier alpha value is -2.02. The first kappa shape index (κ1) is 16.8. The molecule has 1 fully saturated rings. The second-order valence-corrected chi connectivity index (χ2v) is 7.47. The lowest BCUT2D eigenvalue weighted by molar-refractivity contribution is -0.138. The number of carbonyl (C=O) groups is 3. The molecule has 1 saturated carbocycles. The van der Waals surface area contributed by atoms with Gasteiger partial charge in [0.25, 0.3) is 0 Å². The number of nitrogens with one attached hydrogen (secondary N) is 1. The second kappa shape index (κ2) is 7.25. The van der Waals surface area contributed by atoms with Gasteiger partial charge in [0.1, 0.15) is 0 Å². The molecule has 1 aliphatic carbocycles. The maximum Gasteiger partial charge on any atom is 0.238 e. The highest BCUT2D eigenvalue weighted by molar-refractivity contribution is 8.01. The highest BCUT2D eigenvalue weighted by atomic mass is 32.2. The minimum atomic E-state index is -0.513. The topological polar surface area (TPSA) is 92.5 Å². The van der Waals surface area contributed by atoms with Crippen molar-refractivity contribution in [1.82, 2.24) is 4.90 Å². The molecule has 2 aliphatic rings. The van der Waals surface area contributed by atoms with Gasteiger partial charge in [-0.3, -0.25) is 14.4 Å². The Bertz CT molecular complexity index is 658. The van der Waals surface area contributed by atoms with Crippen molar-refractivity contribution in [3.63, 3.8) is 0 Å². The zero-order valence-electron chi connectivity index (χ0n) is 13.4. The van der Waals surface area contributed by atoms with Crippen LogP contribution in [0.4, 0.5) is 5.69 Å². The average Bonchev–Trinajstić information content (AvgIpc) is 3.07. The number of para-hydroxylation sites is 1. The van der Waals surface area contributed by atoms with E-state index in [9.17, 15) is 14.4 Å². The van der Waals surface area contributed by atoms with E-state index in [0.29, 0.717) is 0 Å². The normalized spacial score (nSPS) is 20.3. The molecular weight excluding hydrogens is 326 g/mol. The van der Waals surface area contributed by atoms with E-state index < -0.39 is 11.2 Å². The molecule has 0 radical (unpaired) electrons. The first-order valence-corrected chi connectivity index (χ1v) is 9.07. The van der Waals surface area contributed by atoms with Crippen LogP contribution in [-0.2, 0) is 14.4 Å². The fourth-order valence-corrected chi connectivity index (χ4v) is 4.41. The van der Waals surface area contributed by atoms with Crippen molar-refractivity contribution >= 4 is 35.2 Å². The van der Waals surface area contributed by atoms with Crippen LogP contribution in [0.25, 0.3) is 0 Å². The van der Waals surface area contributed by atoms with E-state index in [1.807, 2.05) is 24.3 Å². The van der Waals surface area contributed by atoms with Crippen molar-refractivity contribution in [3.8, 4) is 0 Å². The Labute approximate surface area is 145 Å². The van der Waals surface area contributed by atoms with Crippen LogP contribution in [-0.4, -0.2) is 40.5 Å². The maximum atomic E-state index is 12.7. The van der Waals surface area contributed by atoms with E-state index in [1.54, 1.807) is 4.90 Å². The highest BCUT2D eigenvalue weighted by Gasteiger charge is 2.33. The third-order valence-electron chi connectivity index (χ3n) is 4.48. The van der Waals surface area contributed by atoms with Gasteiger partial charge in [-0.1, -0.05) is 25.0 Å². The van der Waals surface area contributed by atoms with Gasteiger partial charge in [-0.15, -0.1) is 11.8 Å². The smallest absolute Gasteiger partial charge is 0.238 e. The van der Waals surface area contributed by atoms with Crippen LogP contribution in [0, 0.1) is 0 Å². The van der Waals surface area contributed by atoms with Gasteiger partial charge < -0.3 is 16.0 Å². The molecule has 6 nitrogen and oxygen atoms in total. The number of carbonyl (C=O) groups excluding carboxylic acids is 3. The summed E-state index contributed by atoms with van der Waals surface area (Å²) < 4.78 is 0. The molecule has 0 saturated heterocycles. The van der Waals surface area contributed by atoms with Crippen LogP contribution in [0.15, 0.2) is 29.2 Å². The molecule has 1 atom stereocenters. The monoisotopic (exact) mass is 347 g/mol. The van der Waals surface area contributed by atoms with Crippen molar-refractivity contribution in [1.29, 1.82) is 0 Å². The van der Waals surface area contributed by atoms with Gasteiger partial charge in [-0.25, -0.2) is 0 Å². The van der Waals surface area contributed by atoms with E-state index in [0.717, 1.165) is 36.3 Å². The minimum absolute atomic E-state index is 0.0638. The van der Waals surface area contributed by atoms with Crippen LogP contribution in [0.1, 0.15) is 32.1 Å². The SMILES string of the molecule is NC(=O)CN(C(=O)C[C@H]1Sc2ccccc2NC1=O)C1CCCC1. The van der Waals surface area contributed by atoms with Crippen LogP contribution in [0.2, 0.25) is 0 Å². The van der Waals surface area contributed by atoms with Crippen LogP contribution < -0.4 is 11.1 Å². The number of nitrogens with two attached hydrogens (primary N) is 1. The lowest BCUT2D eigenvalue weighted by Crippen LogP contribution is -2.46. The predicted octanol–water partition coefficient (Wildman–Crippen LogP) is 1.75. The molecule has 1 aliphatic heterocycles. The van der Waals surface area contributed by atoms with Gasteiger partial charge in [0.05, 0.1) is 17.5 Å². The summed E-state index contributed by atoms with van der Waals surface area (Å²) >= 11 is 1.40. The standard InChI is InChI=1S/C17H21N3O3S/c18-15(21)10-20(11-5-1-2-6-11)16(22)9-14-17(23)19-12-7-3-4-8-13(12)24-14/h3-4,7-8,11,14H,1-2,5-6,9-10H2,(H2,18,21)(H,19,23)/t14-/m1/s1. The summed E-state index contributed by atoms with van der Waals surface area (Å²) in [6.45, 7) is -0.0703. The van der Waals surface area contributed by atoms with Crippen molar-refractivity contribution in [2.75, 3.05) is 11.9 Å². The number of rotatable bonds is 5. The van der Waals surface area contributed by atoms with Crippen molar-refractivity contribution in [2.45, 2.75) is 48.3 Å². The van der Waals surface area contributed by atoms with Crippen LogP contribution >= 0.6 is 11.8 Å². The molecule has 0 bridgehead atoms. The van der Waals surface area contributed by atoms with Crippen LogP contribution in [0.3, 0.4) is 0 Å². The van der Waals surface area contributed by atoms with E-state index in [1.165, 1.54) is 11.8 Å². The number of hydrogen-bond donors (Lipinski definition) is 2. The predicted molar refractivity (Wildman–Crippen MR) is 92.5 cm³/mol. The molecule has 3 amide bonds. The first-order chi connectivity index (χ1) is 11.5. The summed E-state index contributed by atoms with van der Waals surface area (Å²) in [5.41, 5.74) is 6.08. The molecule has 0 spiro atoms. The highest BCUT2D eigenvalue weighted by Crippen LogP contribution is 2.37. The number of amides is 3. The minimum Gasteiger partial charge on any atom is -0.368 e. The van der Waals surface area contributed by atoms with E-state index in [-0.39, 0.29) is 30.8 Å². The van der Waals surface area contributed by atoms with Gasteiger partial charge in [0.15, 0.2) is 0 Å². The Morgan fingerprint density at radius 3 is 2.67 bits per heavy atom. The van der Waals surface area contributed by atoms with Gasteiger partial charge in [-0.05, 0) is 25.0 Å². The second-order valence-electron chi connectivity index (χ2n) is 6.22. The Balaban J connectivity index is 1.70. The number of benzene rings is 1. The molecule has 3 N–H and O–H groups in total. The molecule has 1 heterocycles. The summed E-state index contributed by atoms with van der Waals surface area (Å²) in [5, 5.41) is 2.36. The Morgan fingerprint density at radius 1 is 1.25 bits per heavy atom. The quantitative estimate of drug-likeness (QED) is 0.849. The Kier molecular flexibility index (Phi) is 5.08. The van der Waals surface area contributed by atoms with Gasteiger partial charge in [-0.2, -0.15) is 0 Å². The van der Waals surface area contributed by atoms with Gasteiger partial charge in [0.2, 0.25) is 17.7 Å². The zero-order chi connectivity index (χ0) is 17.1. The van der Waals surface area contributed by atoms with Gasteiger partial charge in [0, 0.05) is 17.4 Å². The molecule has 0 unspecified atom stereocenters. The summed E-state index contributed by atoms with van der Waals surface area (Å²) in [6, 6.07) is 7.60. The number of nitrogens with zero attached hydrogens (tertiary/aromatic N) is 1. The van der Waals surface area contributed by atoms with E-state index >= 15 is 0 Å². The number of hydrogen-bond acceptors (Lipinski definition) is 4. The lowest BCUT2D eigenvalue weighted by atomic mass is 10.1. The molecule has 128 valence electrons. The van der Waals surface area contributed by atoms with Crippen molar-refractivity contribution in [2.24, 2.45) is 5.73 Å². The summed E-state index contributed by atoms with van der Waals surface area (Å²) in [5.74, 6) is -0.855. The molecule has 7 heteroatoms. The van der Waals surface area contributed by atoms with Crippen molar-refractivity contribution < 1.29 is 14.4 Å². The largest absolute Gasteiger partial charge is 0.368 e. The molecular formula is C17H21N3O3S. The molecule has 1 aromatic rings. The number of anilines is 1. The van der Waals surface area contributed by atoms with E-state index in [2.05, 4.69) is 5.32 Å². The maximum absolute atomic E-state index is 12.7. The fourth-order valence-electron chi connectivity index (χ4n) is 3.31. The first-order valence-electron chi connectivity index (χ1n) is 8.19. The molecule has 24 heavy (non-hydrogen) atoms. The molecule has 0 aromatic heterocycles. The van der Waals surface area contributed by atoms with Crippen LogP contribution in [0.5, 0.6) is 0 Å². The summed E-state index contributed by atoms with van der Waals surface area (Å²) in [6.07, 6.45) is 3.98. The number of fused-ring (bicyclic) bond motifs is 1. The molecule has 1 aromatic carbocycles. The van der Waals surface area contributed by atoms with Crippen molar-refractivity contribution in [3.05, 3.63) is 24.3 Å². The summed E-state index contributed by atoms with van der Waals surface area (Å²) in [7, 11) is 0. The lowest BCUT2D eigenvalue weighted by Gasteiger charge is -2.30. The third-order valence-corrected chi connectivity index (χ3v) is 5.75. The Morgan fingerprint density at radius 2 is 1.96 bits per heavy atom. The third kappa shape index (κ3) is 3.72. The summed E-state index contributed by atoms with van der Waals surface area (Å²) in [4.78, 5) is 38.8. The van der Waals surface area contributed by atoms with Gasteiger partial charge >= 0.3 is 0 Å². The molecule has 3 rings (SSSR count). The average molecular weight is 347 g/mol.